The molecule has 0 saturated carbocycles. The molecule has 1 aromatic carbocycles. The number of hydrogen-bond donors (Lipinski definition) is 1. The van der Waals surface area contributed by atoms with Gasteiger partial charge in [-0.1, -0.05) is 31.0 Å². The lowest BCUT2D eigenvalue weighted by molar-refractivity contribution is -0.114. The van der Waals surface area contributed by atoms with Gasteiger partial charge in [0.15, 0.2) is 5.84 Å². The minimum Gasteiger partial charge on any atom is -0.317 e. The standard InChI is InChI=1S/C20H18ClN5OS/c1-2-3-9-17-24-26-18(22)16(19(27)23-20(26)28-17)12-15-8-5-10-25(15)14-7-4-6-13(21)11-14/h4-8,10-12,22H,2-3,9H2,1H3/b16-12-,22-18?. The summed E-state index contributed by atoms with van der Waals surface area (Å²) in [5.74, 6) is -0.373. The molecule has 0 radical (unpaired) electrons. The number of unbranched alkanes of at least 4 members (excludes halogenated alkanes) is 1. The van der Waals surface area contributed by atoms with E-state index in [0.717, 1.165) is 35.7 Å². The average molecular weight is 412 g/mol. The predicted octanol–water partition coefficient (Wildman–Crippen LogP) is 4.94. The number of nitrogens with zero attached hydrogens (tertiary/aromatic N) is 4. The number of aliphatic imine (C=N–C) groups is 1. The molecule has 2 aromatic rings. The van der Waals surface area contributed by atoms with Gasteiger partial charge >= 0.3 is 0 Å². The molecular weight excluding hydrogens is 394 g/mol. The van der Waals surface area contributed by atoms with E-state index in [1.165, 1.54) is 16.8 Å². The maximum atomic E-state index is 12.6. The molecule has 0 atom stereocenters. The van der Waals surface area contributed by atoms with Gasteiger partial charge in [0.2, 0.25) is 5.17 Å². The van der Waals surface area contributed by atoms with E-state index in [1.54, 1.807) is 6.08 Å². The summed E-state index contributed by atoms with van der Waals surface area (Å²) < 4.78 is 1.91. The first-order chi connectivity index (χ1) is 13.6. The lowest BCUT2D eigenvalue weighted by Gasteiger charge is -2.20. The molecule has 4 rings (SSSR count). The van der Waals surface area contributed by atoms with Gasteiger partial charge in [-0.3, -0.25) is 10.2 Å². The van der Waals surface area contributed by atoms with Crippen LogP contribution in [0, 0.1) is 5.41 Å². The Labute approximate surface area is 172 Å². The van der Waals surface area contributed by atoms with E-state index in [-0.39, 0.29) is 11.4 Å². The fourth-order valence-electron chi connectivity index (χ4n) is 2.98. The Hall–Kier alpha value is -2.64. The fraction of sp³-hybridized carbons (Fsp3) is 0.200. The minimum absolute atomic E-state index is 0.0489. The molecule has 2 aliphatic rings. The van der Waals surface area contributed by atoms with Gasteiger partial charge in [-0.2, -0.15) is 15.1 Å². The third kappa shape index (κ3) is 3.55. The smallest absolute Gasteiger partial charge is 0.283 e. The van der Waals surface area contributed by atoms with Gasteiger partial charge in [-0.25, -0.2) is 0 Å². The second-order valence-electron chi connectivity index (χ2n) is 6.40. The maximum Gasteiger partial charge on any atom is 0.283 e. The molecule has 6 nitrogen and oxygen atoms in total. The second-order valence-corrected chi connectivity index (χ2v) is 7.88. The third-order valence-electron chi connectivity index (χ3n) is 4.40. The lowest BCUT2D eigenvalue weighted by atomic mass is 10.1. The number of nitrogens with one attached hydrogen (secondary N) is 1. The molecule has 1 N–H and O–H groups in total. The molecule has 0 spiro atoms. The Morgan fingerprint density at radius 1 is 1.29 bits per heavy atom. The summed E-state index contributed by atoms with van der Waals surface area (Å²) in [7, 11) is 0. The van der Waals surface area contributed by atoms with Crippen molar-refractivity contribution in [1.29, 1.82) is 5.41 Å². The first-order valence-corrected chi connectivity index (χ1v) is 10.2. The lowest BCUT2D eigenvalue weighted by Crippen LogP contribution is -2.35. The van der Waals surface area contributed by atoms with Crippen LogP contribution in [-0.4, -0.2) is 31.5 Å². The normalized spacial score (nSPS) is 17.8. The molecule has 0 fully saturated rings. The Kier molecular flexibility index (Phi) is 5.19. The van der Waals surface area contributed by atoms with Gasteiger partial charge in [-0.15, -0.1) is 0 Å². The van der Waals surface area contributed by atoms with Gasteiger partial charge in [0.05, 0.1) is 5.57 Å². The van der Waals surface area contributed by atoms with E-state index in [0.29, 0.717) is 10.2 Å². The number of hydrogen-bond acceptors (Lipinski definition) is 4. The number of hydrazone groups is 1. The number of thioether (sulfide) groups is 1. The summed E-state index contributed by atoms with van der Waals surface area (Å²) in [4.78, 5) is 16.7. The molecule has 142 valence electrons. The summed E-state index contributed by atoms with van der Waals surface area (Å²) in [6.45, 7) is 2.12. The van der Waals surface area contributed by atoms with Crippen molar-refractivity contribution >= 4 is 51.4 Å². The number of amides is 1. The predicted molar refractivity (Wildman–Crippen MR) is 115 cm³/mol. The van der Waals surface area contributed by atoms with Crippen LogP contribution in [0.1, 0.15) is 31.9 Å². The molecule has 0 bridgehead atoms. The van der Waals surface area contributed by atoms with Crippen molar-refractivity contribution in [2.24, 2.45) is 10.1 Å². The molecule has 3 heterocycles. The zero-order valence-corrected chi connectivity index (χ0v) is 16.8. The number of rotatable bonds is 5. The summed E-state index contributed by atoms with van der Waals surface area (Å²) in [5.41, 5.74) is 1.85. The summed E-state index contributed by atoms with van der Waals surface area (Å²) in [6, 6.07) is 11.2. The van der Waals surface area contributed by atoms with E-state index in [9.17, 15) is 4.79 Å². The monoisotopic (exact) mass is 411 g/mol. The topological polar surface area (TPSA) is 73.8 Å². The molecule has 2 aliphatic heterocycles. The quantitative estimate of drug-likeness (QED) is 0.708. The highest BCUT2D eigenvalue weighted by Crippen LogP contribution is 2.30. The molecule has 8 heteroatoms. The second kappa shape index (κ2) is 7.77. The van der Waals surface area contributed by atoms with Crippen LogP contribution < -0.4 is 0 Å². The highest BCUT2D eigenvalue weighted by molar-refractivity contribution is 8.26. The zero-order valence-electron chi connectivity index (χ0n) is 15.2. The van der Waals surface area contributed by atoms with E-state index >= 15 is 0 Å². The SMILES string of the molecule is CCCCC1=NN2C(=N)/C(=C/c3cccn3-c3cccc(Cl)c3)C(=O)N=C2S1. The van der Waals surface area contributed by atoms with Crippen molar-refractivity contribution in [1.82, 2.24) is 9.58 Å². The van der Waals surface area contributed by atoms with Gasteiger partial charge < -0.3 is 4.57 Å². The first-order valence-electron chi connectivity index (χ1n) is 8.99. The Morgan fingerprint density at radius 2 is 2.14 bits per heavy atom. The highest BCUT2D eigenvalue weighted by atomic mass is 35.5. The van der Waals surface area contributed by atoms with Gasteiger partial charge in [0.1, 0.15) is 5.04 Å². The van der Waals surface area contributed by atoms with Crippen molar-refractivity contribution < 1.29 is 4.79 Å². The van der Waals surface area contributed by atoms with E-state index in [2.05, 4.69) is 17.0 Å². The highest BCUT2D eigenvalue weighted by Gasteiger charge is 2.35. The van der Waals surface area contributed by atoms with Gasteiger partial charge in [0, 0.05) is 22.6 Å². The number of carbonyl (C=O) groups excluding carboxylic acids is 1. The fourth-order valence-corrected chi connectivity index (χ4v) is 4.09. The van der Waals surface area contributed by atoms with Crippen LogP contribution >= 0.6 is 23.4 Å². The summed E-state index contributed by atoms with van der Waals surface area (Å²) in [6.07, 6.45) is 6.47. The number of carbonyl (C=O) groups is 1. The van der Waals surface area contributed by atoms with Crippen LogP contribution in [-0.2, 0) is 4.79 Å². The molecule has 1 aromatic heterocycles. The van der Waals surface area contributed by atoms with E-state index in [1.807, 2.05) is 47.2 Å². The zero-order chi connectivity index (χ0) is 19.7. The number of benzene rings is 1. The maximum absolute atomic E-state index is 12.6. The number of aromatic nitrogens is 1. The van der Waals surface area contributed by atoms with Crippen molar-refractivity contribution in [3.05, 3.63) is 58.9 Å². The number of amidine groups is 2. The van der Waals surface area contributed by atoms with Crippen LogP contribution in [0.2, 0.25) is 5.02 Å². The summed E-state index contributed by atoms with van der Waals surface area (Å²) in [5, 5.41) is 16.4. The van der Waals surface area contributed by atoms with E-state index < -0.39 is 5.91 Å². The number of fused-ring (bicyclic) bond motifs is 1. The van der Waals surface area contributed by atoms with Crippen LogP contribution in [0.5, 0.6) is 0 Å². The minimum atomic E-state index is -0.422. The largest absolute Gasteiger partial charge is 0.317 e. The van der Waals surface area contributed by atoms with Crippen LogP contribution in [0.4, 0.5) is 0 Å². The van der Waals surface area contributed by atoms with Crippen LogP contribution in [0.15, 0.2) is 58.3 Å². The molecule has 0 aliphatic carbocycles. The number of halogens is 1. The molecule has 0 unspecified atom stereocenters. The van der Waals surface area contributed by atoms with Crippen molar-refractivity contribution in [2.75, 3.05) is 0 Å². The molecule has 28 heavy (non-hydrogen) atoms. The van der Waals surface area contributed by atoms with Crippen molar-refractivity contribution in [2.45, 2.75) is 26.2 Å². The molecule has 1 amide bonds. The average Bonchev–Trinajstić information content (AvgIpc) is 3.30. The first kappa shape index (κ1) is 18.7. The van der Waals surface area contributed by atoms with Crippen LogP contribution in [0.3, 0.4) is 0 Å². The third-order valence-corrected chi connectivity index (χ3v) is 5.60. The Bertz CT molecular complexity index is 1050. The van der Waals surface area contributed by atoms with Crippen molar-refractivity contribution in [3.8, 4) is 5.69 Å². The van der Waals surface area contributed by atoms with E-state index in [4.69, 9.17) is 17.0 Å². The van der Waals surface area contributed by atoms with Crippen molar-refractivity contribution in [3.63, 3.8) is 0 Å². The molecule has 0 saturated heterocycles. The summed E-state index contributed by atoms with van der Waals surface area (Å²) >= 11 is 7.48. The Morgan fingerprint density at radius 3 is 2.93 bits per heavy atom. The molecular formula is C20H18ClN5OS. The van der Waals surface area contributed by atoms with Crippen LogP contribution in [0.25, 0.3) is 11.8 Å². The Balaban J connectivity index is 1.67. The van der Waals surface area contributed by atoms with Gasteiger partial charge in [0.25, 0.3) is 5.91 Å². The van der Waals surface area contributed by atoms with Gasteiger partial charge in [-0.05, 0) is 61.0 Å².